The van der Waals surface area contributed by atoms with Crippen molar-refractivity contribution in [2.75, 3.05) is 0 Å². The monoisotopic (exact) mass is 343 g/mol. The van der Waals surface area contributed by atoms with E-state index in [2.05, 4.69) is 31.2 Å². The summed E-state index contributed by atoms with van der Waals surface area (Å²) in [4.78, 5) is 0. The maximum absolute atomic E-state index is 9.84. The Morgan fingerprint density at radius 1 is 0.773 bits per heavy atom. The molecule has 0 aliphatic carbocycles. The van der Waals surface area contributed by atoms with E-state index in [9.17, 15) is 21.0 Å². The van der Waals surface area contributed by atoms with Crippen molar-refractivity contribution in [1.82, 2.24) is 0 Å². The Morgan fingerprint density at radius 3 is 1.41 bits per heavy atom. The van der Waals surface area contributed by atoms with Gasteiger partial charge in [-0.05, 0) is 23.6 Å². The molecule has 0 saturated heterocycles. The molecule has 0 spiro atoms. The molecule has 0 fully saturated rings. The zero-order valence-electron chi connectivity index (χ0n) is 11.5. The van der Waals surface area contributed by atoms with Gasteiger partial charge in [0.15, 0.2) is 0 Å². The summed E-state index contributed by atoms with van der Waals surface area (Å²) in [7, 11) is -8.55. The predicted molar refractivity (Wildman–Crippen MR) is 75.0 cm³/mol. The minimum Gasteiger partial charge on any atom is -1.00 e. The van der Waals surface area contributed by atoms with Crippen molar-refractivity contribution in [2.24, 2.45) is 0 Å². The molecule has 0 radical (unpaired) electrons. The number of aliphatic hydroxyl groups is 1. The van der Waals surface area contributed by atoms with Crippen LogP contribution in [0.3, 0.4) is 0 Å². The van der Waals surface area contributed by atoms with Gasteiger partial charge < -0.3 is 9.81 Å². The largest absolute Gasteiger partial charge is 1.00 e. The average Bonchev–Trinajstić information content (AvgIpc) is 2.37. The van der Waals surface area contributed by atoms with Crippen LogP contribution in [0.15, 0.2) is 48.5 Å². The minimum absolute atomic E-state index is 0. The van der Waals surface area contributed by atoms with E-state index in [1.54, 1.807) is 0 Å². The summed E-state index contributed by atoms with van der Waals surface area (Å²) >= 11 is 0. The van der Waals surface area contributed by atoms with Gasteiger partial charge in [0.2, 0.25) is 0 Å². The molecular weight excluding hydrogens is 329 g/mol. The van der Waals surface area contributed by atoms with Gasteiger partial charge in [0, 0.05) is 0 Å². The summed E-state index contributed by atoms with van der Waals surface area (Å²) in [5.74, 6) is 0. The SMILES string of the molecule is Cc1ccc(-c2ccc(CO)cc2)cc1.FP(F)(F)(F)F.[F-]. The molecule has 0 bridgehead atoms. The van der Waals surface area contributed by atoms with Gasteiger partial charge in [-0.2, -0.15) is 0 Å². The number of benzene rings is 2. The molecule has 0 aliphatic heterocycles. The summed E-state index contributed by atoms with van der Waals surface area (Å²) in [6.07, 6.45) is 0. The number of aryl methyl sites for hydroxylation is 1. The summed E-state index contributed by atoms with van der Waals surface area (Å²) in [5, 5.41) is 8.94. The van der Waals surface area contributed by atoms with Crippen molar-refractivity contribution in [3.8, 4) is 11.1 Å². The normalized spacial score (nSPS) is 12.2. The molecule has 2 rings (SSSR count). The van der Waals surface area contributed by atoms with Gasteiger partial charge in [-0.3, -0.25) is 0 Å². The van der Waals surface area contributed by atoms with Gasteiger partial charge in [-0.25, -0.2) is 0 Å². The van der Waals surface area contributed by atoms with Gasteiger partial charge >= 0.3 is 29.1 Å². The standard InChI is InChI=1S/C14H14O.F5P.FH/c1-11-2-6-13(7-3-11)14-8-4-12(10-15)5-9-14;1-6(2,3,4)5;/h2-9,15H,10H2,1H3;;1H/p-1. The molecule has 0 aliphatic rings. The maximum Gasteiger partial charge on any atom is -1.00 e. The Kier molecular flexibility index (Phi) is 7.06. The molecule has 0 aromatic heterocycles. The van der Waals surface area contributed by atoms with Crippen LogP contribution in [0.2, 0.25) is 0 Å². The number of hydrogen-bond donors (Lipinski definition) is 1. The van der Waals surface area contributed by atoms with E-state index in [0.717, 1.165) is 5.56 Å². The second-order valence-corrected chi connectivity index (χ2v) is 5.64. The van der Waals surface area contributed by atoms with Crippen molar-refractivity contribution in [1.29, 1.82) is 0 Å². The third kappa shape index (κ3) is 9.37. The van der Waals surface area contributed by atoms with E-state index in [4.69, 9.17) is 5.11 Å². The fraction of sp³-hybridized carbons (Fsp3) is 0.143. The third-order valence-electron chi connectivity index (χ3n) is 2.52. The van der Waals surface area contributed by atoms with E-state index in [-0.39, 0.29) is 11.3 Å². The Morgan fingerprint density at radius 2 is 1.09 bits per heavy atom. The quantitative estimate of drug-likeness (QED) is 0.656. The molecule has 8 heteroatoms. The van der Waals surface area contributed by atoms with Crippen molar-refractivity contribution in [3.63, 3.8) is 0 Å². The molecule has 0 heterocycles. The topological polar surface area (TPSA) is 20.2 Å². The first-order valence-corrected chi connectivity index (χ1v) is 7.60. The summed E-state index contributed by atoms with van der Waals surface area (Å²) in [6, 6.07) is 16.4. The van der Waals surface area contributed by atoms with Crippen LogP contribution in [0.25, 0.3) is 11.1 Å². The summed E-state index contributed by atoms with van der Waals surface area (Å²) in [6.45, 7) is 2.19. The molecule has 0 atom stereocenters. The molecule has 2 aromatic carbocycles. The molecule has 1 N–H and O–H groups in total. The molecule has 124 valence electrons. The summed E-state index contributed by atoms with van der Waals surface area (Å²) in [5.41, 5.74) is 4.62. The van der Waals surface area contributed by atoms with Crippen LogP contribution in [-0.2, 0) is 6.61 Å². The Balaban J connectivity index is 0.000000546. The second kappa shape index (κ2) is 7.61. The average molecular weight is 343 g/mol. The zero-order chi connectivity index (χ0) is 16.1. The summed E-state index contributed by atoms with van der Waals surface area (Å²) < 4.78 is 49.2. The third-order valence-corrected chi connectivity index (χ3v) is 2.52. The number of aliphatic hydroxyl groups excluding tert-OH is 1. The number of rotatable bonds is 2. The van der Waals surface area contributed by atoms with Crippen LogP contribution in [0.1, 0.15) is 11.1 Å². The molecule has 0 amide bonds. The molecule has 1 nitrogen and oxygen atoms in total. The fourth-order valence-electron chi connectivity index (χ4n) is 1.55. The zero-order valence-corrected chi connectivity index (χ0v) is 12.4. The van der Waals surface area contributed by atoms with Crippen molar-refractivity contribution in [2.45, 2.75) is 13.5 Å². The molecule has 2 aromatic rings. The van der Waals surface area contributed by atoms with E-state index >= 15 is 0 Å². The number of hydrogen-bond acceptors (Lipinski definition) is 1. The van der Waals surface area contributed by atoms with Gasteiger partial charge in [-0.15, -0.1) is 0 Å². The number of halogens is 6. The first-order valence-electron chi connectivity index (χ1n) is 5.91. The van der Waals surface area contributed by atoms with Crippen LogP contribution in [-0.4, -0.2) is 5.11 Å². The van der Waals surface area contributed by atoms with Crippen LogP contribution in [0.4, 0.5) is 21.0 Å². The van der Waals surface area contributed by atoms with Crippen LogP contribution < -0.4 is 4.70 Å². The Labute approximate surface area is 124 Å². The Hall–Kier alpha value is -1.59. The Bertz CT molecular complexity index is 558. The van der Waals surface area contributed by atoms with Crippen LogP contribution >= 0.6 is 8.16 Å². The first kappa shape index (κ1) is 20.4. The fourth-order valence-corrected chi connectivity index (χ4v) is 1.55. The maximum atomic E-state index is 9.84. The van der Waals surface area contributed by atoms with Gasteiger partial charge in [-0.1, -0.05) is 54.1 Å². The minimum atomic E-state index is -8.55. The molecule has 0 unspecified atom stereocenters. The smallest absolute Gasteiger partial charge is 1.00 e. The van der Waals surface area contributed by atoms with Crippen LogP contribution in [0.5, 0.6) is 0 Å². The van der Waals surface area contributed by atoms with Gasteiger partial charge in [0.05, 0.1) is 6.61 Å². The van der Waals surface area contributed by atoms with Crippen molar-refractivity contribution in [3.05, 3.63) is 59.7 Å². The molecule has 0 saturated carbocycles. The van der Waals surface area contributed by atoms with Gasteiger partial charge in [0.25, 0.3) is 0 Å². The predicted octanol–water partition coefficient (Wildman–Crippen LogP) is 3.12. The van der Waals surface area contributed by atoms with Crippen LogP contribution in [0, 0.1) is 6.92 Å². The molecule has 22 heavy (non-hydrogen) atoms. The van der Waals surface area contributed by atoms with E-state index in [0.29, 0.717) is 0 Å². The van der Waals surface area contributed by atoms with Crippen molar-refractivity contribution >= 4 is 8.16 Å². The van der Waals surface area contributed by atoms with E-state index < -0.39 is 8.16 Å². The van der Waals surface area contributed by atoms with Gasteiger partial charge in [0.1, 0.15) is 0 Å². The molecular formula is C14H14F6OP-. The first-order chi connectivity index (χ1) is 9.53. The van der Waals surface area contributed by atoms with E-state index in [1.165, 1.54) is 16.7 Å². The van der Waals surface area contributed by atoms with Crippen molar-refractivity contribution < 1.29 is 30.8 Å². The van der Waals surface area contributed by atoms with E-state index in [1.807, 2.05) is 24.3 Å². The second-order valence-electron chi connectivity index (χ2n) is 4.36.